The van der Waals surface area contributed by atoms with Crippen LogP contribution in [0.5, 0.6) is 0 Å². The van der Waals surface area contributed by atoms with Gasteiger partial charge in [-0.05, 0) is 63.2 Å². The van der Waals surface area contributed by atoms with E-state index in [-0.39, 0.29) is 12.6 Å². The molecule has 0 bridgehead atoms. The van der Waals surface area contributed by atoms with Gasteiger partial charge >= 0.3 is 5.97 Å². The number of hydrogen-bond acceptors (Lipinski definition) is 5. The molecule has 0 atom stereocenters. The number of carbonyl (C=O) groups is 1. The van der Waals surface area contributed by atoms with Crippen LogP contribution in [0.4, 0.5) is 10.7 Å². The van der Waals surface area contributed by atoms with Gasteiger partial charge in [0.15, 0.2) is 5.11 Å². The van der Waals surface area contributed by atoms with Crippen LogP contribution < -0.4 is 10.6 Å². The van der Waals surface area contributed by atoms with E-state index in [4.69, 9.17) is 28.6 Å². The van der Waals surface area contributed by atoms with Gasteiger partial charge in [0.05, 0.1) is 30.2 Å². The van der Waals surface area contributed by atoms with Crippen molar-refractivity contribution in [2.24, 2.45) is 0 Å². The molecule has 0 fully saturated rings. The fourth-order valence-electron chi connectivity index (χ4n) is 4.03. The zero-order chi connectivity index (χ0) is 25.8. The van der Waals surface area contributed by atoms with Gasteiger partial charge in [-0.2, -0.15) is 5.10 Å². The Morgan fingerprint density at radius 1 is 1.08 bits per heavy atom. The molecule has 9 heteroatoms. The minimum Gasteiger partial charge on any atom is -0.462 e. The average Bonchev–Trinajstić information content (AvgIpc) is 3.31. The molecule has 4 rings (SSSR count). The van der Waals surface area contributed by atoms with E-state index in [1.807, 2.05) is 80.1 Å². The lowest BCUT2D eigenvalue weighted by Crippen LogP contribution is -2.21. The summed E-state index contributed by atoms with van der Waals surface area (Å²) in [6.07, 6.45) is 0. The summed E-state index contributed by atoms with van der Waals surface area (Å²) >= 11 is 13.1. The molecule has 0 saturated carbocycles. The number of aryl methyl sites for hydroxylation is 2. The molecule has 6 nitrogen and oxygen atoms in total. The van der Waals surface area contributed by atoms with Crippen LogP contribution in [0.25, 0.3) is 11.1 Å². The minimum atomic E-state index is -0.380. The van der Waals surface area contributed by atoms with Crippen LogP contribution in [0.3, 0.4) is 0 Å². The van der Waals surface area contributed by atoms with Crippen LogP contribution in [0.15, 0.2) is 54.6 Å². The van der Waals surface area contributed by atoms with E-state index < -0.39 is 0 Å². The summed E-state index contributed by atoms with van der Waals surface area (Å²) in [5.41, 5.74) is 5.99. The number of anilines is 2. The van der Waals surface area contributed by atoms with Gasteiger partial charge in [0.25, 0.3) is 0 Å². The van der Waals surface area contributed by atoms with Crippen molar-refractivity contribution in [3.8, 4) is 11.1 Å². The Labute approximate surface area is 225 Å². The number of thiocarbonyl (C=S) groups is 1. The van der Waals surface area contributed by atoms with Crippen LogP contribution in [0.1, 0.15) is 39.1 Å². The molecule has 186 valence electrons. The fraction of sp³-hybridized carbons (Fsp3) is 0.222. The van der Waals surface area contributed by atoms with Crippen LogP contribution in [0, 0.1) is 20.8 Å². The lowest BCUT2D eigenvalue weighted by Gasteiger charge is -2.12. The lowest BCUT2D eigenvalue weighted by molar-refractivity contribution is 0.0529. The third-order valence-corrected chi connectivity index (χ3v) is 7.20. The number of hydrogen-bond donors (Lipinski definition) is 2. The highest BCUT2D eigenvalue weighted by molar-refractivity contribution is 7.80. The molecule has 4 aromatic rings. The van der Waals surface area contributed by atoms with Gasteiger partial charge < -0.3 is 15.4 Å². The first-order chi connectivity index (χ1) is 17.3. The number of aromatic nitrogens is 2. The van der Waals surface area contributed by atoms with Crippen molar-refractivity contribution in [2.75, 3.05) is 17.2 Å². The monoisotopic (exact) mass is 538 g/mol. The van der Waals surface area contributed by atoms with Crippen LogP contribution >= 0.6 is 35.2 Å². The first kappa shape index (κ1) is 25.9. The summed E-state index contributed by atoms with van der Waals surface area (Å²) in [5.74, 6) is -0.380. The van der Waals surface area contributed by atoms with Crippen molar-refractivity contribution in [3.05, 3.63) is 87.0 Å². The van der Waals surface area contributed by atoms with Gasteiger partial charge in [0.2, 0.25) is 0 Å². The van der Waals surface area contributed by atoms with Crippen molar-refractivity contribution < 1.29 is 9.53 Å². The minimum absolute atomic E-state index is 0.287. The Morgan fingerprint density at radius 2 is 1.78 bits per heavy atom. The normalized spacial score (nSPS) is 10.8. The average molecular weight is 539 g/mol. The van der Waals surface area contributed by atoms with Gasteiger partial charge in [0, 0.05) is 15.5 Å². The summed E-state index contributed by atoms with van der Waals surface area (Å²) in [6.45, 7) is 8.62. The predicted molar refractivity (Wildman–Crippen MR) is 153 cm³/mol. The number of carbonyl (C=O) groups excluding carboxylic acids is 1. The topological polar surface area (TPSA) is 68.2 Å². The van der Waals surface area contributed by atoms with E-state index in [0.29, 0.717) is 27.2 Å². The smallest absolute Gasteiger partial charge is 0.341 e. The molecular formula is C27H27ClN4O2S2. The first-order valence-corrected chi connectivity index (χ1v) is 13.1. The van der Waals surface area contributed by atoms with E-state index in [1.165, 1.54) is 11.3 Å². The Bertz CT molecular complexity index is 1400. The Morgan fingerprint density at radius 3 is 2.44 bits per heavy atom. The zero-order valence-corrected chi connectivity index (χ0v) is 22.9. The van der Waals surface area contributed by atoms with Crippen LogP contribution in [-0.4, -0.2) is 27.5 Å². The van der Waals surface area contributed by atoms with Gasteiger partial charge in [-0.25, -0.2) is 4.79 Å². The molecule has 0 radical (unpaired) electrons. The van der Waals surface area contributed by atoms with Crippen LogP contribution in [0.2, 0.25) is 5.02 Å². The Kier molecular flexibility index (Phi) is 8.08. The highest BCUT2D eigenvalue weighted by Gasteiger charge is 2.25. The number of rotatable bonds is 7. The van der Waals surface area contributed by atoms with E-state index >= 15 is 0 Å². The third kappa shape index (κ3) is 5.61. The summed E-state index contributed by atoms with van der Waals surface area (Å²) < 4.78 is 7.32. The summed E-state index contributed by atoms with van der Waals surface area (Å²) in [4.78, 5) is 14.0. The van der Waals surface area contributed by atoms with Gasteiger partial charge in [-0.15, -0.1) is 11.3 Å². The fourth-order valence-corrected chi connectivity index (χ4v) is 5.49. The second kappa shape index (κ2) is 11.2. The summed E-state index contributed by atoms with van der Waals surface area (Å²) in [5, 5.41) is 12.9. The Hall–Kier alpha value is -3.20. The molecule has 0 amide bonds. The number of thiophene rings is 1. The van der Waals surface area contributed by atoms with Crippen LogP contribution in [-0.2, 0) is 11.3 Å². The van der Waals surface area contributed by atoms with E-state index in [2.05, 4.69) is 15.7 Å². The molecule has 36 heavy (non-hydrogen) atoms. The van der Waals surface area contributed by atoms with Crippen molar-refractivity contribution in [2.45, 2.75) is 34.2 Å². The van der Waals surface area contributed by atoms with Gasteiger partial charge in [-0.1, -0.05) is 54.1 Å². The first-order valence-electron chi connectivity index (χ1n) is 11.5. The molecule has 0 aliphatic carbocycles. The van der Waals surface area contributed by atoms with Gasteiger partial charge in [0.1, 0.15) is 10.6 Å². The van der Waals surface area contributed by atoms with Crippen molar-refractivity contribution in [1.82, 2.24) is 9.78 Å². The second-order valence-electron chi connectivity index (χ2n) is 8.23. The number of nitrogens with zero attached hydrogens (tertiary/aromatic N) is 2. The molecule has 2 aromatic heterocycles. The zero-order valence-electron chi connectivity index (χ0n) is 20.5. The quantitative estimate of drug-likeness (QED) is 0.191. The molecule has 2 N–H and O–H groups in total. The molecular weight excluding hydrogens is 512 g/mol. The predicted octanol–water partition coefficient (Wildman–Crippen LogP) is 7.22. The van der Waals surface area contributed by atoms with E-state index in [9.17, 15) is 4.79 Å². The molecule has 0 aliphatic heterocycles. The van der Waals surface area contributed by atoms with Gasteiger partial charge in [-0.3, -0.25) is 4.68 Å². The van der Waals surface area contributed by atoms with Crippen molar-refractivity contribution in [1.29, 1.82) is 0 Å². The second-order valence-corrected chi connectivity index (χ2v) is 10.3. The Balaban J connectivity index is 1.58. The molecule has 0 spiro atoms. The summed E-state index contributed by atoms with van der Waals surface area (Å²) in [7, 11) is 0. The van der Waals surface area contributed by atoms with Crippen molar-refractivity contribution >= 4 is 56.9 Å². The standard InChI is InChI=1S/C27H27ClN4O2S2/c1-5-34-26(33)23-22(20-9-7-6-8-10-20)18(4)36-25(23)30-27(35)29-24-16(2)31-32(17(24)3)15-19-11-13-21(28)14-12-19/h6-14H,5,15H2,1-4H3,(H2,29,30,35). The lowest BCUT2D eigenvalue weighted by atomic mass is 10.0. The van der Waals surface area contributed by atoms with Crippen molar-refractivity contribution in [3.63, 3.8) is 0 Å². The number of nitrogens with one attached hydrogen (secondary N) is 2. The number of ether oxygens (including phenoxy) is 1. The molecule has 0 unspecified atom stereocenters. The largest absolute Gasteiger partial charge is 0.462 e. The summed E-state index contributed by atoms with van der Waals surface area (Å²) in [6, 6.07) is 17.5. The number of esters is 1. The maximum Gasteiger partial charge on any atom is 0.341 e. The highest BCUT2D eigenvalue weighted by Crippen LogP contribution is 2.40. The molecule has 0 aliphatic rings. The number of halogens is 1. The van der Waals surface area contributed by atoms with E-state index in [0.717, 1.165) is 38.6 Å². The third-order valence-electron chi connectivity index (χ3n) is 5.72. The number of benzene rings is 2. The molecule has 2 heterocycles. The molecule has 2 aromatic carbocycles. The molecule has 0 saturated heterocycles. The maximum absolute atomic E-state index is 13.0. The highest BCUT2D eigenvalue weighted by atomic mass is 35.5. The SMILES string of the molecule is CCOC(=O)c1c(NC(=S)Nc2c(C)nn(Cc3ccc(Cl)cc3)c2C)sc(C)c1-c1ccccc1. The van der Waals surface area contributed by atoms with E-state index in [1.54, 1.807) is 6.92 Å². The maximum atomic E-state index is 13.0.